The van der Waals surface area contributed by atoms with Gasteiger partial charge < -0.3 is 0 Å². The Morgan fingerprint density at radius 3 is 2.28 bits per heavy atom. The Bertz CT molecular complexity index is 1310. The summed E-state index contributed by atoms with van der Waals surface area (Å²) >= 11 is 5.92. The van der Waals surface area contributed by atoms with Crippen LogP contribution in [0.1, 0.15) is 26.4 Å². The number of carbonyl (C=O) groups excluding carboxylic acids is 2. The van der Waals surface area contributed by atoms with Crippen LogP contribution >= 0.6 is 11.6 Å². The van der Waals surface area contributed by atoms with Gasteiger partial charge in [0.2, 0.25) is 0 Å². The standard InChI is InChI=1S/C21H12ClFN4O2/c1-11-17-18-16(20(28)26(21(18)29)14-6-2-12(22)3-7-14)10-24-19(17)27(25-11)15-8-4-13(23)5-9-15/h2-10H,1H3. The fraction of sp³-hybridized carbons (Fsp3) is 0.0476. The summed E-state index contributed by atoms with van der Waals surface area (Å²) in [4.78, 5) is 31.6. The van der Waals surface area contributed by atoms with E-state index in [-0.39, 0.29) is 16.9 Å². The average molecular weight is 407 g/mol. The van der Waals surface area contributed by atoms with Gasteiger partial charge in [-0.25, -0.2) is 19.0 Å². The minimum atomic E-state index is -0.448. The van der Waals surface area contributed by atoms with Gasteiger partial charge in [-0.15, -0.1) is 0 Å². The van der Waals surface area contributed by atoms with Gasteiger partial charge in [0.1, 0.15) is 5.82 Å². The van der Waals surface area contributed by atoms with Gasteiger partial charge in [-0.05, 0) is 55.5 Å². The molecule has 0 atom stereocenters. The third-order valence-corrected chi connectivity index (χ3v) is 5.13. The van der Waals surface area contributed by atoms with Crippen molar-refractivity contribution in [1.82, 2.24) is 14.8 Å². The molecule has 142 valence electrons. The Morgan fingerprint density at radius 1 is 0.931 bits per heavy atom. The van der Waals surface area contributed by atoms with Crippen LogP contribution in [0.4, 0.5) is 10.1 Å². The highest BCUT2D eigenvalue weighted by Crippen LogP contribution is 2.34. The molecule has 8 heteroatoms. The molecule has 1 aliphatic rings. The second-order valence-corrected chi connectivity index (χ2v) is 7.08. The van der Waals surface area contributed by atoms with Crippen molar-refractivity contribution in [1.29, 1.82) is 0 Å². The number of benzene rings is 2. The summed E-state index contributed by atoms with van der Waals surface area (Å²) in [6.07, 6.45) is 1.38. The van der Waals surface area contributed by atoms with E-state index in [1.165, 1.54) is 23.0 Å². The lowest BCUT2D eigenvalue weighted by Crippen LogP contribution is -2.29. The van der Waals surface area contributed by atoms with Crippen molar-refractivity contribution >= 4 is 40.1 Å². The van der Waals surface area contributed by atoms with Crippen LogP contribution in [0.25, 0.3) is 16.7 Å². The molecule has 0 radical (unpaired) electrons. The lowest BCUT2D eigenvalue weighted by atomic mass is 10.1. The Kier molecular flexibility index (Phi) is 3.75. The van der Waals surface area contributed by atoms with Gasteiger partial charge in [-0.3, -0.25) is 9.59 Å². The topological polar surface area (TPSA) is 68.1 Å². The molecule has 2 aromatic carbocycles. The summed E-state index contributed by atoms with van der Waals surface area (Å²) in [6, 6.07) is 12.3. The summed E-state index contributed by atoms with van der Waals surface area (Å²) in [7, 11) is 0. The number of fused-ring (bicyclic) bond motifs is 3. The molecule has 0 fully saturated rings. The fourth-order valence-electron chi connectivity index (χ4n) is 3.55. The summed E-state index contributed by atoms with van der Waals surface area (Å²) in [5.74, 6) is -1.26. The molecule has 0 aliphatic carbocycles. The second-order valence-electron chi connectivity index (χ2n) is 6.64. The normalized spacial score (nSPS) is 13.4. The van der Waals surface area contributed by atoms with Crippen LogP contribution in [-0.2, 0) is 0 Å². The first-order valence-electron chi connectivity index (χ1n) is 8.74. The maximum absolute atomic E-state index is 13.3. The summed E-state index contributed by atoms with van der Waals surface area (Å²) in [5, 5.41) is 5.48. The van der Waals surface area contributed by atoms with E-state index in [0.29, 0.717) is 33.1 Å². The summed E-state index contributed by atoms with van der Waals surface area (Å²) < 4.78 is 14.8. The first-order chi connectivity index (χ1) is 14.0. The van der Waals surface area contributed by atoms with E-state index >= 15 is 0 Å². The number of imide groups is 1. The van der Waals surface area contributed by atoms with Crippen molar-refractivity contribution in [3.8, 4) is 5.69 Å². The average Bonchev–Trinajstić information content (AvgIpc) is 3.18. The van der Waals surface area contributed by atoms with Crippen LogP contribution in [0, 0.1) is 12.7 Å². The van der Waals surface area contributed by atoms with Gasteiger partial charge in [0.15, 0.2) is 5.65 Å². The SMILES string of the molecule is Cc1nn(-c2ccc(F)cc2)c2ncc3c(c12)C(=O)N(c1ccc(Cl)cc1)C3=O. The van der Waals surface area contributed by atoms with Crippen molar-refractivity contribution in [2.75, 3.05) is 4.90 Å². The zero-order chi connectivity index (χ0) is 20.3. The number of carbonyl (C=O) groups is 2. The number of anilines is 1. The maximum Gasteiger partial charge on any atom is 0.267 e. The zero-order valence-electron chi connectivity index (χ0n) is 15.1. The molecule has 0 N–H and O–H groups in total. The van der Waals surface area contributed by atoms with Crippen molar-refractivity contribution in [3.63, 3.8) is 0 Å². The molecule has 2 amide bonds. The third kappa shape index (κ3) is 2.55. The van der Waals surface area contributed by atoms with Crippen molar-refractivity contribution in [2.45, 2.75) is 6.92 Å². The Morgan fingerprint density at radius 2 is 1.59 bits per heavy atom. The number of halogens is 2. The van der Waals surface area contributed by atoms with Gasteiger partial charge in [0.25, 0.3) is 11.8 Å². The van der Waals surface area contributed by atoms with E-state index in [0.717, 1.165) is 4.90 Å². The quantitative estimate of drug-likeness (QED) is 0.465. The third-order valence-electron chi connectivity index (χ3n) is 4.88. The minimum absolute atomic E-state index is 0.221. The molecule has 5 rings (SSSR count). The van der Waals surface area contributed by atoms with Gasteiger partial charge in [-0.1, -0.05) is 11.6 Å². The van der Waals surface area contributed by atoms with Crippen molar-refractivity contribution in [2.24, 2.45) is 0 Å². The monoisotopic (exact) mass is 406 g/mol. The van der Waals surface area contributed by atoms with Crippen LogP contribution in [0.2, 0.25) is 5.02 Å². The number of aryl methyl sites for hydroxylation is 1. The molecule has 29 heavy (non-hydrogen) atoms. The van der Waals surface area contributed by atoms with E-state index in [2.05, 4.69) is 10.1 Å². The highest BCUT2D eigenvalue weighted by Gasteiger charge is 2.40. The van der Waals surface area contributed by atoms with Gasteiger partial charge >= 0.3 is 0 Å². The van der Waals surface area contributed by atoms with Crippen LogP contribution in [0.15, 0.2) is 54.7 Å². The molecule has 6 nitrogen and oxygen atoms in total. The smallest absolute Gasteiger partial charge is 0.267 e. The van der Waals surface area contributed by atoms with Crippen molar-refractivity contribution in [3.05, 3.63) is 82.4 Å². The molecule has 0 bridgehead atoms. The molecule has 2 aromatic heterocycles. The largest absolute Gasteiger partial charge is 0.268 e. The van der Waals surface area contributed by atoms with Crippen LogP contribution in [0.5, 0.6) is 0 Å². The van der Waals surface area contributed by atoms with E-state index in [1.807, 2.05) is 0 Å². The fourth-order valence-corrected chi connectivity index (χ4v) is 3.67. The van der Waals surface area contributed by atoms with Gasteiger partial charge in [-0.2, -0.15) is 5.10 Å². The van der Waals surface area contributed by atoms with E-state index < -0.39 is 11.8 Å². The highest BCUT2D eigenvalue weighted by molar-refractivity contribution is 6.37. The predicted octanol–water partition coefficient (Wildman–Crippen LogP) is 4.32. The molecular formula is C21H12ClFN4O2. The number of hydrogen-bond donors (Lipinski definition) is 0. The molecule has 0 saturated heterocycles. The van der Waals surface area contributed by atoms with Gasteiger partial charge in [0, 0.05) is 11.2 Å². The molecule has 4 aromatic rings. The Labute approximate surface area is 169 Å². The van der Waals surface area contributed by atoms with E-state index in [4.69, 9.17) is 11.6 Å². The van der Waals surface area contributed by atoms with Crippen LogP contribution in [0.3, 0.4) is 0 Å². The minimum Gasteiger partial charge on any atom is -0.268 e. The van der Waals surface area contributed by atoms with Gasteiger partial charge in [0.05, 0.1) is 33.6 Å². The number of aromatic nitrogens is 3. The number of pyridine rings is 1. The number of rotatable bonds is 2. The first-order valence-corrected chi connectivity index (χ1v) is 9.12. The molecule has 0 spiro atoms. The molecule has 0 unspecified atom stereocenters. The molecule has 0 saturated carbocycles. The lowest BCUT2D eigenvalue weighted by molar-refractivity contribution is 0.0926. The summed E-state index contributed by atoms with van der Waals surface area (Å²) in [6.45, 7) is 1.74. The maximum atomic E-state index is 13.3. The van der Waals surface area contributed by atoms with E-state index in [1.54, 1.807) is 43.3 Å². The highest BCUT2D eigenvalue weighted by atomic mass is 35.5. The number of nitrogens with zero attached hydrogens (tertiary/aromatic N) is 4. The summed E-state index contributed by atoms with van der Waals surface area (Å²) in [5.41, 5.74) is 2.49. The number of hydrogen-bond acceptors (Lipinski definition) is 4. The van der Waals surface area contributed by atoms with E-state index in [9.17, 15) is 14.0 Å². The predicted molar refractivity (Wildman–Crippen MR) is 106 cm³/mol. The number of amides is 2. The van der Waals surface area contributed by atoms with Crippen LogP contribution in [-0.4, -0.2) is 26.6 Å². The second kappa shape index (κ2) is 6.22. The van der Waals surface area contributed by atoms with Crippen molar-refractivity contribution < 1.29 is 14.0 Å². The Balaban J connectivity index is 1.70. The zero-order valence-corrected chi connectivity index (χ0v) is 15.8. The van der Waals surface area contributed by atoms with Crippen LogP contribution < -0.4 is 4.90 Å². The molecule has 1 aliphatic heterocycles. The molecule has 3 heterocycles. The Hall–Kier alpha value is -3.58. The first kappa shape index (κ1) is 17.5. The molecular weight excluding hydrogens is 395 g/mol. The lowest BCUT2D eigenvalue weighted by Gasteiger charge is -2.13.